The van der Waals surface area contributed by atoms with Crippen molar-refractivity contribution in [3.8, 4) is 11.1 Å². The highest BCUT2D eigenvalue weighted by Crippen LogP contribution is 2.45. The molecule has 4 aromatic rings. The first-order chi connectivity index (χ1) is 17.9. The summed E-state index contributed by atoms with van der Waals surface area (Å²) in [5, 5.41) is 7.20. The lowest BCUT2D eigenvalue weighted by atomic mass is 9.87. The molecule has 38 heavy (non-hydrogen) atoms. The van der Waals surface area contributed by atoms with Crippen molar-refractivity contribution in [1.82, 2.24) is 15.1 Å². The number of amides is 2. The molecule has 0 spiro atoms. The average molecular weight is 551 g/mol. The van der Waals surface area contributed by atoms with Gasteiger partial charge in [-0.15, -0.1) is 0 Å². The number of fused-ring (bicyclic) bond motifs is 3. The van der Waals surface area contributed by atoms with E-state index in [1.807, 2.05) is 0 Å². The third-order valence-corrected chi connectivity index (χ3v) is 6.27. The van der Waals surface area contributed by atoms with Crippen molar-refractivity contribution < 1.29 is 36.3 Å². The van der Waals surface area contributed by atoms with Crippen LogP contribution < -0.4 is 11.1 Å². The van der Waals surface area contributed by atoms with Gasteiger partial charge in [0.05, 0.1) is 17.2 Å². The van der Waals surface area contributed by atoms with Crippen LogP contribution in [0.15, 0.2) is 42.5 Å². The van der Waals surface area contributed by atoms with Crippen molar-refractivity contribution in [2.24, 2.45) is 12.8 Å². The van der Waals surface area contributed by atoms with Crippen molar-refractivity contribution in [3.63, 3.8) is 0 Å². The van der Waals surface area contributed by atoms with E-state index in [1.54, 1.807) is 0 Å². The second-order valence-electron chi connectivity index (χ2n) is 8.17. The minimum atomic E-state index is -4.84. The molecule has 0 fully saturated rings. The molecule has 0 saturated heterocycles. The van der Waals surface area contributed by atoms with Gasteiger partial charge < -0.3 is 11.1 Å². The summed E-state index contributed by atoms with van der Waals surface area (Å²) in [5.41, 5.74) is 3.24. The van der Waals surface area contributed by atoms with Crippen LogP contribution in [-0.4, -0.2) is 28.4 Å². The Labute approximate surface area is 216 Å². The number of nitrogens with zero attached hydrogens (tertiary/aromatic N) is 2. The van der Waals surface area contributed by atoms with E-state index in [0.717, 1.165) is 24.3 Å². The Kier molecular flexibility index (Phi) is 6.94. The topological polar surface area (TPSA) is 107 Å². The molecule has 5 rings (SSSR count). The summed E-state index contributed by atoms with van der Waals surface area (Å²) >= 11 is 6.28. The summed E-state index contributed by atoms with van der Waals surface area (Å²) in [6.45, 7) is 0. The lowest BCUT2D eigenvalue weighted by Crippen LogP contribution is -2.20. The van der Waals surface area contributed by atoms with Crippen molar-refractivity contribution in [2.45, 2.75) is 12.2 Å². The van der Waals surface area contributed by atoms with Gasteiger partial charge in [-0.25, -0.2) is 8.78 Å². The molecule has 196 valence electrons. The van der Waals surface area contributed by atoms with E-state index in [1.165, 1.54) is 23.9 Å². The second-order valence-corrected chi connectivity index (χ2v) is 8.58. The molecule has 1 aliphatic rings. The summed E-state index contributed by atoms with van der Waals surface area (Å²) in [5.74, 6) is -2.45. The molecule has 3 N–H and O–H groups in total. The fourth-order valence-electron chi connectivity index (χ4n) is 4.43. The number of aldehydes is 1. The molecule has 1 unspecified atom stereocenters. The number of benzene rings is 3. The number of nitrogens with one attached hydrogen (secondary N) is 1. The van der Waals surface area contributed by atoms with Gasteiger partial charge in [-0.1, -0.05) is 11.6 Å². The molecule has 0 bridgehead atoms. The predicted octanol–water partition coefficient (Wildman–Crippen LogP) is 4.94. The minimum Gasteiger partial charge on any atom is -0.372 e. The van der Waals surface area contributed by atoms with Gasteiger partial charge in [0, 0.05) is 28.6 Å². The summed E-state index contributed by atoms with van der Waals surface area (Å²) in [6.07, 6.45) is -4.10. The molecule has 1 atom stereocenters. The molecule has 13 heteroatoms. The molecule has 7 nitrogen and oxygen atoms in total. The maximum absolute atomic E-state index is 14.3. The first-order valence-electron chi connectivity index (χ1n) is 10.7. The van der Waals surface area contributed by atoms with E-state index in [0.29, 0.717) is 12.4 Å². The maximum atomic E-state index is 14.3. The van der Waals surface area contributed by atoms with Gasteiger partial charge in [-0.2, -0.15) is 18.3 Å². The molecule has 2 heterocycles. The monoisotopic (exact) mass is 550 g/mol. The molecule has 0 aliphatic carbocycles. The number of rotatable bonds is 3. The van der Waals surface area contributed by atoms with Gasteiger partial charge in [0.15, 0.2) is 6.29 Å². The first-order valence-corrected chi connectivity index (χ1v) is 11.1. The number of hydrogen-bond acceptors (Lipinski definition) is 4. The largest absolute Gasteiger partial charge is 0.416 e. The van der Waals surface area contributed by atoms with Crippen molar-refractivity contribution >= 4 is 41.1 Å². The number of primary amides is 1. The Morgan fingerprint density at radius 3 is 2.39 bits per heavy atom. The number of aromatic nitrogens is 2. The number of carbonyl (C=O) groups excluding carboxylic acids is 3. The predicted molar refractivity (Wildman–Crippen MR) is 127 cm³/mol. The Morgan fingerprint density at radius 1 is 1.08 bits per heavy atom. The van der Waals surface area contributed by atoms with Crippen LogP contribution in [0.4, 0.5) is 22.0 Å². The lowest BCUT2D eigenvalue weighted by molar-refractivity contribution is -0.137. The zero-order valence-corrected chi connectivity index (χ0v) is 20.0. The molecular weight excluding hydrogens is 535 g/mol. The number of halogens is 6. The highest BCUT2D eigenvalue weighted by atomic mass is 35.5. The van der Waals surface area contributed by atoms with Crippen LogP contribution in [0.2, 0.25) is 5.02 Å². The number of nitrogens with two attached hydrogens (primary N) is 1. The SMILES string of the molecule is Cn1nc2c3c(c(-c4cc(F)cc(C(F)(F)F)c4)cc2c1C=O)C(c1cc(F)ccc1Cl)NC3=O.NC=O. The molecule has 0 radical (unpaired) electrons. The van der Waals surface area contributed by atoms with Crippen LogP contribution in [0.25, 0.3) is 22.0 Å². The summed E-state index contributed by atoms with van der Waals surface area (Å²) in [6, 6.07) is 5.79. The van der Waals surface area contributed by atoms with E-state index in [4.69, 9.17) is 16.4 Å². The highest BCUT2D eigenvalue weighted by molar-refractivity contribution is 6.31. The summed E-state index contributed by atoms with van der Waals surface area (Å²) in [4.78, 5) is 33.4. The normalized spacial score (nSPS) is 14.5. The van der Waals surface area contributed by atoms with Crippen LogP contribution in [0.1, 0.15) is 43.6 Å². The summed E-state index contributed by atoms with van der Waals surface area (Å²) < 4.78 is 70.0. The number of hydrogen-bond donors (Lipinski definition) is 2. The van der Waals surface area contributed by atoms with E-state index in [9.17, 15) is 31.5 Å². The maximum Gasteiger partial charge on any atom is 0.416 e. The second kappa shape index (κ2) is 9.86. The van der Waals surface area contributed by atoms with Crippen LogP contribution >= 0.6 is 11.6 Å². The molecular formula is C25H16ClF5N4O3. The van der Waals surface area contributed by atoms with Crippen molar-refractivity contribution in [3.05, 3.63) is 87.1 Å². The molecule has 2 amide bonds. The van der Waals surface area contributed by atoms with Crippen LogP contribution in [-0.2, 0) is 18.0 Å². The fourth-order valence-corrected chi connectivity index (χ4v) is 4.65. The van der Waals surface area contributed by atoms with Crippen LogP contribution in [0.3, 0.4) is 0 Å². The number of carbonyl (C=O) groups is 3. The standard InChI is InChI=1S/C24H13ClF5N3O2.CH3NO/c1-33-18(9-34)16-8-14(10-4-11(24(28,29)30)6-13(27)5-10)19-20(22(16)32-33)23(35)31-21(19)15-7-12(26)2-3-17(15)25;2-1-3/h2-9,21H,1H3,(H,31,35);1H,(H2,2,3). The smallest absolute Gasteiger partial charge is 0.372 e. The Bertz CT molecular complexity index is 1620. The van der Waals surface area contributed by atoms with E-state index < -0.39 is 35.3 Å². The highest BCUT2D eigenvalue weighted by Gasteiger charge is 2.38. The van der Waals surface area contributed by atoms with Gasteiger partial charge in [0.1, 0.15) is 22.8 Å². The van der Waals surface area contributed by atoms with Gasteiger partial charge in [-0.3, -0.25) is 19.1 Å². The van der Waals surface area contributed by atoms with Gasteiger partial charge >= 0.3 is 6.18 Å². The first kappa shape index (κ1) is 26.7. The van der Waals surface area contributed by atoms with Gasteiger partial charge in [-0.05, 0) is 53.6 Å². The Balaban J connectivity index is 0.00000107. The molecule has 0 saturated carbocycles. The zero-order valence-electron chi connectivity index (χ0n) is 19.2. The van der Waals surface area contributed by atoms with Crippen molar-refractivity contribution in [2.75, 3.05) is 0 Å². The van der Waals surface area contributed by atoms with Crippen molar-refractivity contribution in [1.29, 1.82) is 0 Å². The fraction of sp³-hybridized carbons (Fsp3) is 0.120. The lowest BCUT2D eigenvalue weighted by Gasteiger charge is -2.19. The van der Waals surface area contributed by atoms with E-state index >= 15 is 0 Å². The zero-order chi connectivity index (χ0) is 27.9. The molecule has 1 aliphatic heterocycles. The average Bonchev–Trinajstić information content (AvgIpc) is 3.35. The Morgan fingerprint density at radius 2 is 1.76 bits per heavy atom. The molecule has 3 aromatic carbocycles. The quantitative estimate of drug-likeness (QED) is 0.278. The van der Waals surface area contributed by atoms with Crippen LogP contribution in [0.5, 0.6) is 0 Å². The van der Waals surface area contributed by atoms with E-state index in [-0.39, 0.29) is 55.8 Å². The number of alkyl halides is 3. The van der Waals surface area contributed by atoms with Gasteiger partial charge in [0.2, 0.25) is 6.41 Å². The van der Waals surface area contributed by atoms with Crippen LogP contribution in [0, 0.1) is 11.6 Å². The third kappa shape index (κ3) is 4.58. The molecule has 1 aromatic heterocycles. The Hall–Kier alpha value is -4.32. The minimum absolute atomic E-state index is 0.0238. The third-order valence-electron chi connectivity index (χ3n) is 5.92. The number of aryl methyl sites for hydroxylation is 1. The van der Waals surface area contributed by atoms with Gasteiger partial charge in [0.25, 0.3) is 5.91 Å². The van der Waals surface area contributed by atoms with E-state index in [2.05, 4.69) is 16.1 Å². The summed E-state index contributed by atoms with van der Waals surface area (Å²) in [7, 11) is 1.47.